The van der Waals surface area contributed by atoms with E-state index in [1.165, 1.54) is 23.9 Å². The van der Waals surface area contributed by atoms with Gasteiger partial charge in [-0.15, -0.1) is 23.5 Å². The second kappa shape index (κ2) is 7.72. The van der Waals surface area contributed by atoms with Crippen LogP contribution in [-0.4, -0.2) is 39.4 Å². The number of esters is 1. The van der Waals surface area contributed by atoms with E-state index in [9.17, 15) is 19.7 Å². The SMILES string of the molecule is CS[C@]1(c2ccccc2)S[C@H]2CC(=O)N2[C@@H]1C(=O)OCc1ccc([N+](=O)[O-])cc1. The molecule has 0 saturated carbocycles. The standard InChI is InChI=1S/C20H18N2O5S2/c1-28-20(14-5-3-2-4-6-14)18(21-16(23)11-17(21)29-20)19(24)27-12-13-7-9-15(10-8-13)22(25)26/h2-10,17-18H,11-12H2,1H3/t17-,18+,20+/m0/s1. The zero-order valence-electron chi connectivity index (χ0n) is 15.5. The van der Waals surface area contributed by atoms with Crippen molar-refractivity contribution in [3.63, 3.8) is 0 Å². The van der Waals surface area contributed by atoms with Crippen molar-refractivity contribution in [2.24, 2.45) is 0 Å². The summed E-state index contributed by atoms with van der Waals surface area (Å²) in [7, 11) is 0. The van der Waals surface area contributed by atoms with Crippen LogP contribution in [0.15, 0.2) is 54.6 Å². The Morgan fingerprint density at radius 3 is 2.55 bits per heavy atom. The Balaban J connectivity index is 1.57. The van der Waals surface area contributed by atoms with E-state index in [0.717, 1.165) is 5.56 Å². The second-order valence-electron chi connectivity index (χ2n) is 6.75. The average Bonchev–Trinajstić information content (AvgIpc) is 3.02. The molecule has 1 amide bonds. The van der Waals surface area contributed by atoms with Gasteiger partial charge in [0.15, 0.2) is 6.04 Å². The van der Waals surface area contributed by atoms with Gasteiger partial charge in [-0.3, -0.25) is 14.9 Å². The van der Waals surface area contributed by atoms with Crippen LogP contribution in [-0.2, 0) is 25.0 Å². The van der Waals surface area contributed by atoms with Crippen LogP contribution in [0.3, 0.4) is 0 Å². The number of carbonyl (C=O) groups excluding carboxylic acids is 2. The van der Waals surface area contributed by atoms with Crippen molar-refractivity contribution in [3.05, 3.63) is 75.8 Å². The van der Waals surface area contributed by atoms with E-state index in [-0.39, 0.29) is 23.6 Å². The number of β-lactam (4-membered cyclic amide) rings is 1. The van der Waals surface area contributed by atoms with Gasteiger partial charge in [-0.05, 0) is 29.5 Å². The number of nitro benzene ring substituents is 1. The summed E-state index contributed by atoms with van der Waals surface area (Å²) in [6.45, 7) is -0.00998. The van der Waals surface area contributed by atoms with Crippen LogP contribution in [0.2, 0.25) is 0 Å². The van der Waals surface area contributed by atoms with Gasteiger partial charge in [0.2, 0.25) is 5.91 Å². The van der Waals surface area contributed by atoms with E-state index in [1.54, 1.807) is 28.8 Å². The van der Waals surface area contributed by atoms with Crippen LogP contribution < -0.4 is 0 Å². The lowest BCUT2D eigenvalue weighted by atomic mass is 10.00. The van der Waals surface area contributed by atoms with Crippen LogP contribution in [0.1, 0.15) is 17.5 Å². The van der Waals surface area contributed by atoms with Gasteiger partial charge in [0.25, 0.3) is 5.69 Å². The molecule has 2 aliphatic rings. The molecule has 2 aromatic rings. The third-order valence-electron chi connectivity index (χ3n) is 5.13. The summed E-state index contributed by atoms with van der Waals surface area (Å²) < 4.78 is 4.93. The maximum Gasteiger partial charge on any atom is 0.331 e. The molecule has 2 aromatic carbocycles. The Hall–Kier alpha value is -2.52. The number of carbonyl (C=O) groups is 2. The molecule has 0 N–H and O–H groups in total. The highest BCUT2D eigenvalue weighted by molar-refractivity contribution is 8.17. The number of hydrogen-bond donors (Lipinski definition) is 0. The smallest absolute Gasteiger partial charge is 0.331 e. The molecule has 0 unspecified atom stereocenters. The summed E-state index contributed by atoms with van der Waals surface area (Å²) in [4.78, 5) is 37.3. The van der Waals surface area contributed by atoms with Crippen LogP contribution in [0, 0.1) is 10.1 Å². The molecule has 2 heterocycles. The average molecular weight is 431 g/mol. The quantitative estimate of drug-likeness (QED) is 0.300. The number of benzene rings is 2. The van der Waals surface area contributed by atoms with E-state index < -0.39 is 21.0 Å². The molecular formula is C20H18N2O5S2. The van der Waals surface area contributed by atoms with Crippen molar-refractivity contribution in [2.45, 2.75) is 28.5 Å². The molecule has 2 fully saturated rings. The molecule has 0 bridgehead atoms. The van der Waals surface area contributed by atoms with Gasteiger partial charge in [-0.1, -0.05) is 30.3 Å². The van der Waals surface area contributed by atoms with Crippen molar-refractivity contribution in [2.75, 3.05) is 6.26 Å². The van der Waals surface area contributed by atoms with Gasteiger partial charge < -0.3 is 9.64 Å². The fourth-order valence-corrected chi connectivity index (χ4v) is 6.77. The lowest BCUT2D eigenvalue weighted by molar-refractivity contribution is -0.384. The minimum absolute atomic E-state index is 0.00998. The molecular weight excluding hydrogens is 412 g/mol. The Morgan fingerprint density at radius 2 is 1.97 bits per heavy atom. The molecule has 150 valence electrons. The van der Waals surface area contributed by atoms with Gasteiger partial charge in [0, 0.05) is 12.1 Å². The minimum Gasteiger partial charge on any atom is -0.459 e. The zero-order chi connectivity index (χ0) is 20.6. The van der Waals surface area contributed by atoms with E-state index in [1.807, 2.05) is 36.6 Å². The van der Waals surface area contributed by atoms with E-state index in [2.05, 4.69) is 0 Å². The molecule has 0 aliphatic carbocycles. The van der Waals surface area contributed by atoms with Crippen molar-refractivity contribution in [1.82, 2.24) is 4.90 Å². The summed E-state index contributed by atoms with van der Waals surface area (Å²) in [5, 5.41) is 10.7. The Bertz CT molecular complexity index is 953. The Labute approximate surface area is 175 Å². The van der Waals surface area contributed by atoms with E-state index in [4.69, 9.17) is 4.74 Å². The van der Waals surface area contributed by atoms with Gasteiger partial charge in [-0.25, -0.2) is 4.79 Å². The molecule has 2 saturated heterocycles. The normalized spacial score (nSPS) is 25.3. The van der Waals surface area contributed by atoms with Crippen molar-refractivity contribution in [1.29, 1.82) is 0 Å². The largest absolute Gasteiger partial charge is 0.459 e. The first-order valence-electron chi connectivity index (χ1n) is 8.96. The highest BCUT2D eigenvalue weighted by atomic mass is 32.2. The van der Waals surface area contributed by atoms with Crippen molar-refractivity contribution in [3.8, 4) is 0 Å². The maximum absolute atomic E-state index is 13.1. The molecule has 2 aliphatic heterocycles. The Morgan fingerprint density at radius 1 is 1.28 bits per heavy atom. The molecule has 7 nitrogen and oxygen atoms in total. The van der Waals surface area contributed by atoms with Gasteiger partial charge in [-0.2, -0.15) is 0 Å². The predicted molar refractivity (Wildman–Crippen MR) is 111 cm³/mol. The molecule has 4 rings (SSSR count). The highest BCUT2D eigenvalue weighted by Crippen LogP contribution is 2.61. The van der Waals surface area contributed by atoms with Crippen LogP contribution in [0.4, 0.5) is 5.69 Å². The third-order valence-corrected chi connectivity index (χ3v) is 8.46. The van der Waals surface area contributed by atoms with Crippen molar-refractivity contribution >= 4 is 41.1 Å². The number of nitrogens with zero attached hydrogens (tertiary/aromatic N) is 2. The number of non-ortho nitro benzene ring substituents is 1. The van der Waals surface area contributed by atoms with Gasteiger partial charge in [0.1, 0.15) is 10.7 Å². The summed E-state index contributed by atoms with van der Waals surface area (Å²) >= 11 is 3.16. The number of hydrogen-bond acceptors (Lipinski definition) is 7. The van der Waals surface area contributed by atoms with Crippen LogP contribution >= 0.6 is 23.5 Å². The monoisotopic (exact) mass is 430 g/mol. The number of rotatable bonds is 6. The zero-order valence-corrected chi connectivity index (χ0v) is 17.2. The predicted octanol–water partition coefficient (Wildman–Crippen LogP) is 3.53. The molecule has 3 atom stereocenters. The molecule has 29 heavy (non-hydrogen) atoms. The number of ether oxygens (including phenoxy) is 1. The number of nitro groups is 1. The van der Waals surface area contributed by atoms with Crippen LogP contribution in [0.5, 0.6) is 0 Å². The first-order chi connectivity index (χ1) is 14.0. The van der Waals surface area contributed by atoms with E-state index in [0.29, 0.717) is 12.0 Å². The summed E-state index contributed by atoms with van der Waals surface area (Å²) in [6, 6.07) is 14.8. The molecule has 0 spiro atoms. The molecule has 0 aromatic heterocycles. The summed E-state index contributed by atoms with van der Waals surface area (Å²) in [5.74, 6) is -0.517. The van der Waals surface area contributed by atoms with Crippen LogP contribution in [0.25, 0.3) is 0 Å². The summed E-state index contributed by atoms with van der Waals surface area (Å²) in [6.07, 6.45) is 2.36. The highest BCUT2D eigenvalue weighted by Gasteiger charge is 2.63. The number of thioether (sulfide) groups is 2. The molecule has 0 radical (unpaired) electrons. The first kappa shape index (κ1) is 19.8. The molecule has 9 heteroatoms. The van der Waals surface area contributed by atoms with E-state index >= 15 is 0 Å². The number of fused-ring (bicyclic) bond motifs is 1. The fourth-order valence-electron chi connectivity index (χ4n) is 3.65. The first-order valence-corrected chi connectivity index (χ1v) is 11.1. The lowest BCUT2D eigenvalue weighted by Gasteiger charge is -2.38. The fraction of sp³-hybridized carbons (Fsp3) is 0.300. The minimum atomic E-state index is -0.728. The lowest BCUT2D eigenvalue weighted by Crippen LogP contribution is -2.57. The maximum atomic E-state index is 13.1. The number of amides is 1. The second-order valence-corrected chi connectivity index (χ2v) is 9.48. The summed E-state index contributed by atoms with van der Waals surface area (Å²) in [5.41, 5.74) is 1.60. The van der Waals surface area contributed by atoms with Crippen molar-refractivity contribution < 1.29 is 19.2 Å². The topological polar surface area (TPSA) is 89.8 Å². The van der Waals surface area contributed by atoms with Gasteiger partial charge >= 0.3 is 5.97 Å². The van der Waals surface area contributed by atoms with Gasteiger partial charge in [0.05, 0.1) is 16.7 Å². The third kappa shape index (κ3) is 3.38. The Kier molecular flexibility index (Phi) is 5.26.